The van der Waals surface area contributed by atoms with Gasteiger partial charge in [0.1, 0.15) is 11.7 Å². The van der Waals surface area contributed by atoms with Gasteiger partial charge in [0, 0.05) is 17.5 Å². The number of hydrogen-bond acceptors (Lipinski definition) is 5. The molecule has 0 fully saturated rings. The van der Waals surface area contributed by atoms with Gasteiger partial charge in [0.25, 0.3) is 0 Å². The molecule has 6 nitrogen and oxygen atoms in total. The summed E-state index contributed by atoms with van der Waals surface area (Å²) in [6.45, 7) is 1.68. The van der Waals surface area contributed by atoms with E-state index < -0.39 is 5.97 Å². The number of nitrogens with two attached hydrogens (primary N) is 1. The van der Waals surface area contributed by atoms with Gasteiger partial charge < -0.3 is 20.1 Å². The van der Waals surface area contributed by atoms with Crippen molar-refractivity contribution in [2.24, 2.45) is 10.8 Å². The zero-order valence-corrected chi connectivity index (χ0v) is 14.7. The minimum Gasteiger partial charge on any atom is -0.542 e. The standard InChI is InChI=1S/C11H13N3O3S.K/c1-5-8-6(13-14-11(12)18)3-2-4-7(8)17-9(5)10(15)16;/h2-4H2,1H3,(H,15,16)(H3,12,14,18);/q;+1/p-1/b13-6+;. The summed E-state index contributed by atoms with van der Waals surface area (Å²) in [5.74, 6) is -0.824. The van der Waals surface area contributed by atoms with Crippen LogP contribution in [-0.4, -0.2) is 16.8 Å². The molecule has 0 saturated carbocycles. The van der Waals surface area contributed by atoms with E-state index in [0.717, 1.165) is 18.4 Å². The number of nitrogens with one attached hydrogen (secondary N) is 1. The topological polar surface area (TPSA) is 104 Å². The third-order valence-electron chi connectivity index (χ3n) is 2.81. The van der Waals surface area contributed by atoms with Gasteiger partial charge in [-0.1, -0.05) is 0 Å². The number of carbonyl (C=O) groups is 1. The molecule has 0 bridgehead atoms. The summed E-state index contributed by atoms with van der Waals surface area (Å²) in [4.78, 5) is 10.9. The van der Waals surface area contributed by atoms with Crippen LogP contribution >= 0.6 is 12.2 Å². The molecule has 0 atom stereocenters. The summed E-state index contributed by atoms with van der Waals surface area (Å²) in [5, 5.41) is 15.1. The van der Waals surface area contributed by atoms with Crippen LogP contribution in [0.5, 0.6) is 0 Å². The second kappa shape index (κ2) is 6.96. The monoisotopic (exact) mass is 305 g/mol. The van der Waals surface area contributed by atoms with Crippen LogP contribution in [-0.2, 0) is 6.42 Å². The Morgan fingerprint density at radius 3 is 2.79 bits per heavy atom. The van der Waals surface area contributed by atoms with Crippen molar-refractivity contribution in [2.45, 2.75) is 26.2 Å². The van der Waals surface area contributed by atoms with Gasteiger partial charge in [-0.25, -0.2) is 0 Å². The first-order valence-electron chi connectivity index (χ1n) is 5.46. The Labute approximate surface area is 158 Å². The Balaban J connectivity index is 0.00000180. The molecule has 1 aliphatic carbocycles. The molecule has 0 aromatic carbocycles. The van der Waals surface area contributed by atoms with Gasteiger partial charge in [0.2, 0.25) is 0 Å². The first-order valence-corrected chi connectivity index (χ1v) is 5.87. The number of aryl methyl sites for hydroxylation is 1. The minimum atomic E-state index is -1.32. The van der Waals surface area contributed by atoms with Crippen LogP contribution in [0.15, 0.2) is 9.52 Å². The molecule has 19 heavy (non-hydrogen) atoms. The third-order valence-corrected chi connectivity index (χ3v) is 2.90. The van der Waals surface area contributed by atoms with Crippen LogP contribution in [0.3, 0.4) is 0 Å². The van der Waals surface area contributed by atoms with Crippen LogP contribution in [0.1, 0.15) is 40.3 Å². The van der Waals surface area contributed by atoms with Crippen molar-refractivity contribution in [3.63, 3.8) is 0 Å². The zero-order chi connectivity index (χ0) is 13.3. The summed E-state index contributed by atoms with van der Waals surface area (Å²) < 4.78 is 5.30. The molecule has 96 valence electrons. The van der Waals surface area contributed by atoms with E-state index in [9.17, 15) is 9.90 Å². The molecule has 0 amide bonds. The number of carboxylic acids is 1. The van der Waals surface area contributed by atoms with Crippen LogP contribution < -0.4 is 67.7 Å². The Hall–Kier alpha value is -0.254. The van der Waals surface area contributed by atoms with Crippen molar-refractivity contribution in [3.05, 3.63) is 22.6 Å². The van der Waals surface area contributed by atoms with E-state index in [-0.39, 0.29) is 62.3 Å². The Morgan fingerprint density at radius 1 is 1.53 bits per heavy atom. The van der Waals surface area contributed by atoms with Gasteiger partial charge in [-0.05, 0) is 32.0 Å². The number of furan rings is 1. The molecular weight excluding hydrogens is 293 g/mol. The SMILES string of the molecule is Cc1c(C(=O)[O-])oc2c1/C(=N/NC(N)=S)CCC2.[K+]. The normalized spacial score (nSPS) is 15.5. The van der Waals surface area contributed by atoms with Gasteiger partial charge >= 0.3 is 51.4 Å². The van der Waals surface area contributed by atoms with E-state index in [1.807, 2.05) is 0 Å². The smallest absolute Gasteiger partial charge is 0.542 e. The quantitative estimate of drug-likeness (QED) is 0.339. The summed E-state index contributed by atoms with van der Waals surface area (Å²) in [7, 11) is 0. The second-order valence-corrected chi connectivity index (χ2v) is 4.47. The predicted molar refractivity (Wildman–Crippen MR) is 67.2 cm³/mol. The molecule has 0 aliphatic heterocycles. The summed E-state index contributed by atoms with van der Waals surface area (Å²) in [6.07, 6.45) is 2.25. The van der Waals surface area contributed by atoms with E-state index in [2.05, 4.69) is 22.7 Å². The third kappa shape index (κ3) is 3.64. The summed E-state index contributed by atoms with van der Waals surface area (Å²) in [5.41, 5.74) is 9.79. The van der Waals surface area contributed by atoms with Crippen LogP contribution in [0.4, 0.5) is 0 Å². The molecule has 0 saturated heterocycles. The molecule has 1 heterocycles. The number of aromatic carboxylic acids is 1. The van der Waals surface area contributed by atoms with Gasteiger partial charge in [0.05, 0.1) is 5.71 Å². The van der Waals surface area contributed by atoms with Crippen molar-refractivity contribution in [1.82, 2.24) is 5.43 Å². The van der Waals surface area contributed by atoms with Gasteiger partial charge in [-0.2, -0.15) is 5.10 Å². The summed E-state index contributed by atoms with van der Waals surface area (Å²) >= 11 is 4.67. The predicted octanol–water partition coefficient (Wildman–Crippen LogP) is -3.17. The average molecular weight is 305 g/mol. The number of fused-ring (bicyclic) bond motifs is 1. The fourth-order valence-corrected chi connectivity index (χ4v) is 2.14. The molecule has 0 radical (unpaired) electrons. The van der Waals surface area contributed by atoms with E-state index in [1.165, 1.54) is 0 Å². The molecule has 1 aromatic rings. The van der Waals surface area contributed by atoms with E-state index >= 15 is 0 Å². The summed E-state index contributed by atoms with van der Waals surface area (Å²) in [6, 6.07) is 0. The Kier molecular flexibility index (Phi) is 6.15. The van der Waals surface area contributed by atoms with Crippen molar-refractivity contribution in [3.8, 4) is 0 Å². The number of thiocarbonyl (C=S) groups is 1. The van der Waals surface area contributed by atoms with Gasteiger partial charge in [-0.15, -0.1) is 0 Å². The average Bonchev–Trinajstić information content (AvgIpc) is 2.65. The first-order chi connectivity index (χ1) is 8.50. The van der Waals surface area contributed by atoms with Crippen molar-refractivity contribution in [2.75, 3.05) is 0 Å². The maximum Gasteiger partial charge on any atom is 1.00 e. The molecule has 1 aromatic heterocycles. The Bertz CT molecular complexity index is 554. The number of carboxylic acid groups (broad SMARTS) is 1. The zero-order valence-electron chi connectivity index (χ0n) is 10.8. The van der Waals surface area contributed by atoms with Crippen LogP contribution in [0.25, 0.3) is 0 Å². The van der Waals surface area contributed by atoms with Crippen LogP contribution in [0.2, 0.25) is 0 Å². The van der Waals surface area contributed by atoms with E-state index in [1.54, 1.807) is 6.92 Å². The molecule has 0 spiro atoms. The Morgan fingerprint density at radius 2 is 2.21 bits per heavy atom. The molecule has 1 aliphatic rings. The van der Waals surface area contributed by atoms with Gasteiger partial charge in [-0.3, -0.25) is 5.43 Å². The molecule has 0 unspecified atom stereocenters. The molecular formula is C11H12KN3O3S. The molecule has 3 N–H and O–H groups in total. The van der Waals surface area contributed by atoms with E-state index in [0.29, 0.717) is 23.5 Å². The second-order valence-electron chi connectivity index (χ2n) is 4.03. The van der Waals surface area contributed by atoms with Crippen molar-refractivity contribution >= 4 is 29.0 Å². The van der Waals surface area contributed by atoms with Crippen molar-refractivity contribution in [1.29, 1.82) is 0 Å². The largest absolute Gasteiger partial charge is 1.00 e. The van der Waals surface area contributed by atoms with E-state index in [4.69, 9.17) is 10.2 Å². The maximum atomic E-state index is 10.9. The maximum absolute atomic E-state index is 10.9. The fraction of sp³-hybridized carbons (Fsp3) is 0.364. The first kappa shape index (κ1) is 16.8. The number of rotatable bonds is 2. The molecule has 2 rings (SSSR count). The van der Waals surface area contributed by atoms with Gasteiger partial charge in [0.15, 0.2) is 10.9 Å². The van der Waals surface area contributed by atoms with Crippen LogP contribution in [0, 0.1) is 6.92 Å². The number of hydrogen-bond donors (Lipinski definition) is 2. The number of carbonyl (C=O) groups excluding carboxylic acids is 1. The number of nitrogens with zero attached hydrogens (tertiary/aromatic N) is 1. The van der Waals surface area contributed by atoms with Crippen molar-refractivity contribution < 1.29 is 65.7 Å². The minimum absolute atomic E-state index is 0. The number of hydrazone groups is 1. The molecule has 8 heteroatoms. The fourth-order valence-electron chi connectivity index (χ4n) is 2.10.